The average molecular weight is 246 g/mol. The van der Waals surface area contributed by atoms with Crippen LogP contribution >= 0.6 is 11.6 Å². The Balaban J connectivity index is 2.11. The van der Waals surface area contributed by atoms with Crippen LogP contribution in [0, 0.1) is 11.6 Å². The molecule has 1 N–H and O–H groups in total. The number of piperidine rings is 1. The topological polar surface area (TPSA) is 12.0 Å². The standard InChI is InChI=1S/C12H14ClF2N/c13-11-8(4-5-10(14)12(11)15)7-9-3-1-2-6-16-9/h4-5,9,16H,1-3,6-7H2. The molecule has 0 spiro atoms. The number of nitrogens with one attached hydrogen (secondary N) is 1. The van der Waals surface area contributed by atoms with E-state index < -0.39 is 11.6 Å². The second kappa shape index (κ2) is 5.11. The quantitative estimate of drug-likeness (QED) is 0.789. The van der Waals surface area contributed by atoms with Crippen LogP contribution in [0.25, 0.3) is 0 Å². The maximum Gasteiger partial charge on any atom is 0.177 e. The van der Waals surface area contributed by atoms with E-state index in [-0.39, 0.29) is 5.02 Å². The van der Waals surface area contributed by atoms with Gasteiger partial charge in [0, 0.05) is 6.04 Å². The molecule has 1 unspecified atom stereocenters. The monoisotopic (exact) mass is 245 g/mol. The van der Waals surface area contributed by atoms with Crippen LogP contribution in [0.1, 0.15) is 24.8 Å². The molecule has 1 aromatic carbocycles. The van der Waals surface area contributed by atoms with Crippen LogP contribution in [0.4, 0.5) is 8.78 Å². The van der Waals surface area contributed by atoms with Crippen molar-refractivity contribution in [3.63, 3.8) is 0 Å². The molecule has 16 heavy (non-hydrogen) atoms. The first-order valence-electron chi connectivity index (χ1n) is 5.54. The SMILES string of the molecule is Fc1ccc(CC2CCCCN2)c(Cl)c1F. The molecule has 0 saturated carbocycles. The summed E-state index contributed by atoms with van der Waals surface area (Å²) in [5.41, 5.74) is 0.681. The fourth-order valence-electron chi connectivity index (χ4n) is 2.09. The first kappa shape index (κ1) is 11.8. The Kier molecular flexibility index (Phi) is 3.77. The summed E-state index contributed by atoms with van der Waals surface area (Å²) in [7, 11) is 0. The van der Waals surface area contributed by atoms with E-state index in [1.54, 1.807) is 6.07 Å². The Morgan fingerprint density at radius 3 is 2.81 bits per heavy atom. The van der Waals surface area contributed by atoms with Crippen molar-refractivity contribution in [3.05, 3.63) is 34.4 Å². The summed E-state index contributed by atoms with van der Waals surface area (Å²) in [5.74, 6) is -1.82. The van der Waals surface area contributed by atoms with E-state index in [0.717, 1.165) is 19.0 Å². The molecule has 1 nitrogen and oxygen atoms in total. The van der Waals surface area contributed by atoms with Gasteiger partial charge in [-0.25, -0.2) is 8.78 Å². The number of rotatable bonds is 2. The van der Waals surface area contributed by atoms with E-state index in [1.807, 2.05) is 0 Å². The van der Waals surface area contributed by atoms with Crippen molar-refractivity contribution in [2.75, 3.05) is 6.54 Å². The predicted molar refractivity (Wildman–Crippen MR) is 60.7 cm³/mol. The Morgan fingerprint density at radius 1 is 1.31 bits per heavy atom. The Hall–Kier alpha value is -0.670. The van der Waals surface area contributed by atoms with E-state index in [1.165, 1.54) is 12.8 Å². The van der Waals surface area contributed by atoms with Gasteiger partial charge in [0.05, 0.1) is 5.02 Å². The minimum absolute atomic E-state index is 0.0765. The van der Waals surface area contributed by atoms with Gasteiger partial charge in [-0.3, -0.25) is 0 Å². The summed E-state index contributed by atoms with van der Waals surface area (Å²) in [6, 6.07) is 3.03. The molecule has 1 aliphatic heterocycles. The van der Waals surface area contributed by atoms with Crippen LogP contribution in [0.15, 0.2) is 12.1 Å². The number of halogens is 3. The van der Waals surface area contributed by atoms with E-state index in [4.69, 9.17) is 11.6 Å². The summed E-state index contributed by atoms with van der Waals surface area (Å²) in [4.78, 5) is 0. The lowest BCUT2D eigenvalue weighted by Gasteiger charge is -2.23. The Morgan fingerprint density at radius 2 is 2.12 bits per heavy atom. The second-order valence-corrected chi connectivity index (χ2v) is 4.56. The summed E-state index contributed by atoms with van der Waals surface area (Å²) < 4.78 is 26.1. The van der Waals surface area contributed by atoms with Gasteiger partial charge in [0.2, 0.25) is 0 Å². The van der Waals surface area contributed by atoms with Crippen molar-refractivity contribution < 1.29 is 8.78 Å². The molecule has 2 rings (SSSR count). The van der Waals surface area contributed by atoms with Gasteiger partial charge in [0.15, 0.2) is 11.6 Å². The van der Waals surface area contributed by atoms with Crippen molar-refractivity contribution in [2.24, 2.45) is 0 Å². The van der Waals surface area contributed by atoms with E-state index in [9.17, 15) is 8.78 Å². The van der Waals surface area contributed by atoms with Crippen molar-refractivity contribution in [2.45, 2.75) is 31.7 Å². The third-order valence-corrected chi connectivity index (χ3v) is 3.40. The molecule has 0 aromatic heterocycles. The largest absolute Gasteiger partial charge is 0.314 e. The van der Waals surface area contributed by atoms with Crippen LogP contribution in [0.2, 0.25) is 5.02 Å². The fourth-order valence-corrected chi connectivity index (χ4v) is 2.32. The molecular formula is C12H14ClF2N. The van der Waals surface area contributed by atoms with Crippen molar-refractivity contribution in [1.29, 1.82) is 0 Å². The maximum absolute atomic E-state index is 13.2. The summed E-state index contributed by atoms with van der Waals surface area (Å²) >= 11 is 5.77. The normalized spacial score (nSPS) is 21.1. The lowest BCUT2D eigenvalue weighted by Crippen LogP contribution is -2.35. The molecule has 1 fully saturated rings. The highest BCUT2D eigenvalue weighted by Gasteiger charge is 2.17. The minimum Gasteiger partial charge on any atom is -0.314 e. The van der Waals surface area contributed by atoms with Gasteiger partial charge in [-0.15, -0.1) is 0 Å². The summed E-state index contributed by atoms with van der Waals surface area (Å²) in [6.45, 7) is 0.992. The molecule has 4 heteroatoms. The van der Waals surface area contributed by atoms with E-state index in [0.29, 0.717) is 18.0 Å². The number of hydrogen-bond donors (Lipinski definition) is 1. The molecule has 1 atom stereocenters. The van der Waals surface area contributed by atoms with Crippen molar-refractivity contribution in [3.8, 4) is 0 Å². The molecule has 1 aromatic rings. The molecule has 1 heterocycles. The first-order chi connectivity index (χ1) is 7.68. The first-order valence-corrected chi connectivity index (χ1v) is 5.92. The van der Waals surface area contributed by atoms with Crippen LogP contribution in [-0.2, 0) is 6.42 Å². The van der Waals surface area contributed by atoms with Crippen molar-refractivity contribution >= 4 is 11.6 Å². The van der Waals surface area contributed by atoms with Gasteiger partial charge in [-0.05, 0) is 37.4 Å². The van der Waals surface area contributed by atoms with Crippen molar-refractivity contribution in [1.82, 2.24) is 5.32 Å². The molecular weight excluding hydrogens is 232 g/mol. The molecule has 0 amide bonds. The molecule has 88 valence electrons. The summed E-state index contributed by atoms with van der Waals surface area (Å²) in [6.07, 6.45) is 4.09. The lowest BCUT2D eigenvalue weighted by atomic mass is 9.98. The molecule has 0 radical (unpaired) electrons. The van der Waals surface area contributed by atoms with Crippen LogP contribution < -0.4 is 5.32 Å². The minimum atomic E-state index is -0.935. The highest BCUT2D eigenvalue weighted by atomic mass is 35.5. The van der Waals surface area contributed by atoms with E-state index >= 15 is 0 Å². The van der Waals surface area contributed by atoms with Gasteiger partial charge in [0.25, 0.3) is 0 Å². The Labute approximate surface area is 98.8 Å². The smallest absolute Gasteiger partial charge is 0.177 e. The van der Waals surface area contributed by atoms with Gasteiger partial charge in [-0.2, -0.15) is 0 Å². The van der Waals surface area contributed by atoms with Gasteiger partial charge in [0.1, 0.15) is 0 Å². The third-order valence-electron chi connectivity index (χ3n) is 2.99. The lowest BCUT2D eigenvalue weighted by molar-refractivity contribution is 0.398. The highest BCUT2D eigenvalue weighted by Crippen LogP contribution is 2.24. The van der Waals surface area contributed by atoms with Crippen LogP contribution in [-0.4, -0.2) is 12.6 Å². The third kappa shape index (κ3) is 2.53. The van der Waals surface area contributed by atoms with Gasteiger partial charge in [-0.1, -0.05) is 24.1 Å². The van der Waals surface area contributed by atoms with E-state index in [2.05, 4.69) is 5.32 Å². The van der Waals surface area contributed by atoms with Gasteiger partial charge < -0.3 is 5.32 Å². The maximum atomic E-state index is 13.2. The molecule has 0 bridgehead atoms. The highest BCUT2D eigenvalue weighted by molar-refractivity contribution is 6.31. The summed E-state index contributed by atoms with van der Waals surface area (Å²) in [5, 5.41) is 3.28. The zero-order chi connectivity index (χ0) is 11.5. The van der Waals surface area contributed by atoms with Crippen LogP contribution in [0.5, 0.6) is 0 Å². The zero-order valence-corrected chi connectivity index (χ0v) is 9.66. The number of benzene rings is 1. The second-order valence-electron chi connectivity index (χ2n) is 4.19. The predicted octanol–water partition coefficient (Wildman–Crippen LogP) is 3.30. The fraction of sp³-hybridized carbons (Fsp3) is 0.500. The Bertz CT molecular complexity index is 376. The van der Waals surface area contributed by atoms with Crippen LogP contribution in [0.3, 0.4) is 0 Å². The average Bonchev–Trinajstić information content (AvgIpc) is 2.31. The van der Waals surface area contributed by atoms with Gasteiger partial charge >= 0.3 is 0 Å². The molecule has 0 aliphatic carbocycles. The number of hydrogen-bond acceptors (Lipinski definition) is 1. The molecule has 1 saturated heterocycles. The zero-order valence-electron chi connectivity index (χ0n) is 8.90. The molecule has 1 aliphatic rings.